The number of pyridine rings is 1. The normalized spacial score (nSPS) is 20.1. The lowest BCUT2D eigenvalue weighted by Crippen LogP contribution is -2.39. The van der Waals surface area contributed by atoms with E-state index in [2.05, 4.69) is 4.98 Å². The van der Waals surface area contributed by atoms with Crippen LogP contribution >= 0.6 is 11.6 Å². The standard InChI is InChI=1S/C20H23ClN2O3S/c1-13-6-4-8-17(21)19(13)27(25,26)12-16-7-5-9-18(22-16)20(24)23-14(2)10-11-15(23)3/h4-9,14-15H,10-12H2,1-3H3. The smallest absolute Gasteiger partial charge is 0.272 e. The first kappa shape index (κ1) is 19.8. The fourth-order valence-electron chi connectivity index (χ4n) is 3.68. The topological polar surface area (TPSA) is 67.3 Å². The van der Waals surface area contributed by atoms with Crippen LogP contribution in [0.4, 0.5) is 0 Å². The highest BCUT2D eigenvalue weighted by atomic mass is 35.5. The predicted molar refractivity (Wildman–Crippen MR) is 106 cm³/mol. The van der Waals surface area contributed by atoms with Crippen molar-refractivity contribution in [3.05, 3.63) is 58.4 Å². The summed E-state index contributed by atoms with van der Waals surface area (Å²) >= 11 is 6.12. The summed E-state index contributed by atoms with van der Waals surface area (Å²) in [5.41, 5.74) is 1.20. The van der Waals surface area contributed by atoms with E-state index in [0.717, 1.165) is 12.8 Å². The van der Waals surface area contributed by atoms with Crippen LogP contribution in [0, 0.1) is 6.92 Å². The Morgan fingerprint density at radius 1 is 1.15 bits per heavy atom. The molecule has 1 amide bonds. The predicted octanol–water partition coefficient (Wildman–Crippen LogP) is 4.03. The second-order valence-electron chi connectivity index (χ2n) is 7.15. The highest BCUT2D eigenvalue weighted by Gasteiger charge is 2.32. The maximum atomic E-state index is 12.9. The molecular formula is C20H23ClN2O3S. The van der Waals surface area contributed by atoms with E-state index in [9.17, 15) is 13.2 Å². The number of benzene rings is 1. The minimum Gasteiger partial charge on any atom is -0.332 e. The molecule has 2 atom stereocenters. The summed E-state index contributed by atoms with van der Waals surface area (Å²) in [6, 6.07) is 10.2. The lowest BCUT2D eigenvalue weighted by atomic mass is 10.2. The zero-order chi connectivity index (χ0) is 19.8. The van der Waals surface area contributed by atoms with Crippen molar-refractivity contribution in [3.63, 3.8) is 0 Å². The number of nitrogens with zero attached hydrogens (tertiary/aromatic N) is 2. The molecule has 1 aliphatic rings. The fourth-order valence-corrected chi connectivity index (χ4v) is 5.88. The van der Waals surface area contributed by atoms with E-state index in [4.69, 9.17) is 11.6 Å². The van der Waals surface area contributed by atoms with Crippen molar-refractivity contribution in [1.82, 2.24) is 9.88 Å². The molecule has 0 bridgehead atoms. The quantitative estimate of drug-likeness (QED) is 0.768. The number of amides is 1. The summed E-state index contributed by atoms with van der Waals surface area (Å²) < 4.78 is 25.7. The summed E-state index contributed by atoms with van der Waals surface area (Å²) in [6.07, 6.45) is 1.93. The first-order valence-electron chi connectivity index (χ1n) is 8.97. The molecular weight excluding hydrogens is 384 g/mol. The van der Waals surface area contributed by atoms with Gasteiger partial charge in [0.15, 0.2) is 9.84 Å². The number of rotatable bonds is 4. The van der Waals surface area contributed by atoms with Gasteiger partial charge in [-0.1, -0.05) is 29.8 Å². The van der Waals surface area contributed by atoms with Gasteiger partial charge in [0.25, 0.3) is 5.91 Å². The second-order valence-corrected chi connectivity index (χ2v) is 9.48. The average molecular weight is 407 g/mol. The largest absolute Gasteiger partial charge is 0.332 e. The van der Waals surface area contributed by atoms with Gasteiger partial charge in [0.1, 0.15) is 5.69 Å². The van der Waals surface area contributed by atoms with E-state index >= 15 is 0 Å². The minimum atomic E-state index is -3.68. The Bertz CT molecular complexity index is 945. The third-order valence-electron chi connectivity index (χ3n) is 5.03. The summed E-state index contributed by atoms with van der Waals surface area (Å²) in [7, 11) is -3.68. The zero-order valence-electron chi connectivity index (χ0n) is 15.6. The molecule has 7 heteroatoms. The van der Waals surface area contributed by atoms with Crippen molar-refractivity contribution >= 4 is 27.3 Å². The number of hydrogen-bond acceptors (Lipinski definition) is 4. The van der Waals surface area contributed by atoms with E-state index in [1.54, 1.807) is 43.3 Å². The van der Waals surface area contributed by atoms with Crippen LogP contribution in [0.15, 0.2) is 41.3 Å². The SMILES string of the molecule is Cc1cccc(Cl)c1S(=O)(=O)Cc1cccc(C(=O)N2C(C)CCC2C)n1. The molecule has 0 aliphatic carbocycles. The van der Waals surface area contributed by atoms with Crippen LogP contribution in [-0.2, 0) is 15.6 Å². The van der Waals surface area contributed by atoms with Gasteiger partial charge in [0.2, 0.25) is 0 Å². The van der Waals surface area contributed by atoms with Gasteiger partial charge in [0.05, 0.1) is 21.4 Å². The van der Waals surface area contributed by atoms with Crippen molar-refractivity contribution < 1.29 is 13.2 Å². The molecule has 27 heavy (non-hydrogen) atoms. The summed E-state index contributed by atoms with van der Waals surface area (Å²) in [5, 5.41) is 0.196. The van der Waals surface area contributed by atoms with Gasteiger partial charge in [0, 0.05) is 12.1 Å². The van der Waals surface area contributed by atoms with Gasteiger partial charge in [-0.2, -0.15) is 0 Å². The van der Waals surface area contributed by atoms with Crippen LogP contribution in [0.2, 0.25) is 5.02 Å². The Hall–Kier alpha value is -1.92. The zero-order valence-corrected chi connectivity index (χ0v) is 17.2. The molecule has 2 aromatic rings. The molecule has 1 aromatic carbocycles. The highest BCUT2D eigenvalue weighted by molar-refractivity contribution is 7.90. The maximum Gasteiger partial charge on any atom is 0.272 e. The Kier molecular flexibility index (Phi) is 5.58. The summed E-state index contributed by atoms with van der Waals surface area (Å²) in [6.45, 7) is 5.76. The number of hydrogen-bond donors (Lipinski definition) is 0. The molecule has 1 aliphatic heterocycles. The van der Waals surface area contributed by atoms with Gasteiger partial charge in [-0.3, -0.25) is 4.79 Å². The van der Waals surface area contributed by atoms with E-state index < -0.39 is 9.84 Å². The molecule has 0 N–H and O–H groups in total. The van der Waals surface area contributed by atoms with E-state index in [0.29, 0.717) is 11.3 Å². The Labute approximate surface area is 165 Å². The number of halogens is 1. The van der Waals surface area contributed by atoms with Crippen molar-refractivity contribution in [2.24, 2.45) is 0 Å². The van der Waals surface area contributed by atoms with Crippen LogP contribution in [0.1, 0.15) is 48.4 Å². The highest BCUT2D eigenvalue weighted by Crippen LogP contribution is 2.28. The van der Waals surface area contributed by atoms with Gasteiger partial charge in [-0.05, 0) is 57.4 Å². The molecule has 1 aromatic heterocycles. The molecule has 5 nitrogen and oxygen atoms in total. The number of carbonyl (C=O) groups is 1. The molecule has 1 saturated heterocycles. The van der Waals surface area contributed by atoms with E-state index in [1.165, 1.54) is 0 Å². The molecule has 2 unspecified atom stereocenters. The monoisotopic (exact) mass is 406 g/mol. The number of likely N-dealkylation sites (tertiary alicyclic amines) is 1. The van der Waals surface area contributed by atoms with Crippen LogP contribution in [0.5, 0.6) is 0 Å². The number of aryl methyl sites for hydroxylation is 1. The molecule has 2 heterocycles. The first-order chi connectivity index (χ1) is 12.7. The van der Waals surface area contributed by atoms with Crippen LogP contribution in [0.3, 0.4) is 0 Å². The molecule has 0 spiro atoms. The van der Waals surface area contributed by atoms with Gasteiger partial charge >= 0.3 is 0 Å². The van der Waals surface area contributed by atoms with E-state index in [1.807, 2.05) is 18.7 Å². The average Bonchev–Trinajstić information content (AvgIpc) is 2.92. The van der Waals surface area contributed by atoms with Crippen molar-refractivity contribution in [2.45, 2.75) is 56.3 Å². The molecule has 0 saturated carbocycles. The Balaban J connectivity index is 1.89. The van der Waals surface area contributed by atoms with Crippen molar-refractivity contribution in [1.29, 1.82) is 0 Å². The van der Waals surface area contributed by atoms with Crippen LogP contribution in [-0.4, -0.2) is 36.3 Å². The summed E-state index contributed by atoms with van der Waals surface area (Å²) in [5.74, 6) is -0.454. The Morgan fingerprint density at radius 2 is 1.78 bits per heavy atom. The number of carbonyl (C=O) groups excluding carboxylic acids is 1. The number of aromatic nitrogens is 1. The lowest BCUT2D eigenvalue weighted by Gasteiger charge is -2.26. The first-order valence-corrected chi connectivity index (χ1v) is 11.0. The van der Waals surface area contributed by atoms with Crippen LogP contribution < -0.4 is 0 Å². The summed E-state index contributed by atoms with van der Waals surface area (Å²) in [4.78, 5) is 19.1. The van der Waals surface area contributed by atoms with E-state index in [-0.39, 0.29) is 39.4 Å². The third-order valence-corrected chi connectivity index (χ3v) is 7.29. The molecule has 3 rings (SSSR count). The second kappa shape index (κ2) is 7.60. The molecule has 0 radical (unpaired) electrons. The van der Waals surface area contributed by atoms with Crippen molar-refractivity contribution in [3.8, 4) is 0 Å². The molecule has 144 valence electrons. The molecule has 1 fully saturated rings. The Morgan fingerprint density at radius 3 is 2.41 bits per heavy atom. The lowest BCUT2D eigenvalue weighted by molar-refractivity contribution is 0.0686. The van der Waals surface area contributed by atoms with Crippen LogP contribution in [0.25, 0.3) is 0 Å². The fraction of sp³-hybridized carbons (Fsp3) is 0.400. The van der Waals surface area contributed by atoms with Gasteiger partial charge < -0.3 is 4.90 Å². The van der Waals surface area contributed by atoms with Crippen molar-refractivity contribution in [2.75, 3.05) is 0 Å². The number of sulfone groups is 1. The van der Waals surface area contributed by atoms with Gasteiger partial charge in [-0.25, -0.2) is 13.4 Å². The van der Waals surface area contributed by atoms with Gasteiger partial charge in [-0.15, -0.1) is 0 Å². The minimum absolute atomic E-state index is 0.118. The maximum absolute atomic E-state index is 12.9. The third kappa shape index (κ3) is 4.01.